The molecule has 0 spiro atoms. The highest BCUT2D eigenvalue weighted by Gasteiger charge is 2.12. The highest BCUT2D eigenvalue weighted by Crippen LogP contribution is 2.18. The number of hydrogen-bond acceptors (Lipinski definition) is 2. The molecule has 2 N–H and O–H groups in total. The molecule has 0 aliphatic carbocycles. The van der Waals surface area contributed by atoms with Crippen LogP contribution in [0.15, 0.2) is 6.07 Å². The van der Waals surface area contributed by atoms with Gasteiger partial charge in [0.05, 0.1) is 11.4 Å². The van der Waals surface area contributed by atoms with Gasteiger partial charge < -0.3 is 5.73 Å². The van der Waals surface area contributed by atoms with E-state index in [1.54, 1.807) is 0 Å². The van der Waals surface area contributed by atoms with Gasteiger partial charge >= 0.3 is 0 Å². The van der Waals surface area contributed by atoms with Crippen LogP contribution in [0.5, 0.6) is 0 Å². The van der Waals surface area contributed by atoms with Crippen LogP contribution in [0.2, 0.25) is 0 Å². The summed E-state index contributed by atoms with van der Waals surface area (Å²) in [7, 11) is 0. The molecule has 0 saturated carbocycles. The minimum Gasteiger partial charge on any atom is -0.323 e. The predicted octanol–water partition coefficient (Wildman–Crippen LogP) is 2.44. The molecule has 1 rings (SSSR count). The first kappa shape index (κ1) is 11.2. The first-order valence-corrected chi connectivity index (χ1v) is 5.39. The van der Waals surface area contributed by atoms with Crippen molar-refractivity contribution in [3.05, 3.63) is 17.5 Å². The first-order valence-electron chi connectivity index (χ1n) is 5.39. The maximum absolute atomic E-state index is 5.90. The molecule has 1 heterocycles. The van der Waals surface area contributed by atoms with Gasteiger partial charge in [-0.05, 0) is 25.3 Å². The second kappa shape index (κ2) is 4.60. The lowest BCUT2D eigenvalue weighted by Crippen LogP contribution is -2.13. The van der Waals surface area contributed by atoms with Crippen molar-refractivity contribution in [2.24, 2.45) is 5.73 Å². The third kappa shape index (κ3) is 2.35. The summed E-state index contributed by atoms with van der Waals surface area (Å²) in [6.07, 6.45) is 1.10. The van der Waals surface area contributed by atoms with Gasteiger partial charge in [0.2, 0.25) is 0 Å². The topological polar surface area (TPSA) is 43.8 Å². The lowest BCUT2D eigenvalue weighted by atomic mass is 10.1. The molecule has 1 aromatic rings. The molecule has 0 saturated heterocycles. The number of nitrogens with zero attached hydrogens (tertiary/aromatic N) is 2. The van der Waals surface area contributed by atoms with Crippen molar-refractivity contribution in [2.75, 3.05) is 0 Å². The standard InChI is InChI=1S/C11H21N3/c1-5-6-14-11(9(4)12)7-10(13-14)8(2)3/h7-9H,5-6,12H2,1-4H3/t9-/m1/s1. The molecule has 80 valence electrons. The summed E-state index contributed by atoms with van der Waals surface area (Å²) >= 11 is 0. The summed E-state index contributed by atoms with van der Waals surface area (Å²) in [5.41, 5.74) is 8.19. The first-order chi connectivity index (χ1) is 6.56. The third-order valence-corrected chi connectivity index (χ3v) is 2.32. The number of aryl methyl sites for hydroxylation is 1. The Bertz CT molecular complexity index is 287. The van der Waals surface area contributed by atoms with Crippen LogP contribution in [-0.2, 0) is 6.54 Å². The lowest BCUT2D eigenvalue weighted by Gasteiger charge is -2.08. The van der Waals surface area contributed by atoms with E-state index in [4.69, 9.17) is 5.73 Å². The van der Waals surface area contributed by atoms with E-state index >= 15 is 0 Å². The van der Waals surface area contributed by atoms with Gasteiger partial charge in [-0.1, -0.05) is 20.8 Å². The van der Waals surface area contributed by atoms with Crippen molar-refractivity contribution in [3.8, 4) is 0 Å². The number of aromatic nitrogens is 2. The van der Waals surface area contributed by atoms with Crippen molar-refractivity contribution in [1.29, 1.82) is 0 Å². The zero-order valence-corrected chi connectivity index (χ0v) is 9.62. The van der Waals surface area contributed by atoms with Crippen LogP contribution >= 0.6 is 0 Å². The molecule has 0 amide bonds. The minimum absolute atomic E-state index is 0.0709. The summed E-state index contributed by atoms with van der Waals surface area (Å²) in [5, 5.41) is 4.56. The zero-order valence-electron chi connectivity index (χ0n) is 9.62. The van der Waals surface area contributed by atoms with Gasteiger partial charge in [0.15, 0.2) is 0 Å². The van der Waals surface area contributed by atoms with E-state index < -0.39 is 0 Å². The molecule has 0 bridgehead atoms. The summed E-state index contributed by atoms with van der Waals surface area (Å²) in [4.78, 5) is 0. The fourth-order valence-corrected chi connectivity index (χ4v) is 1.49. The molecule has 0 aromatic carbocycles. The fourth-order valence-electron chi connectivity index (χ4n) is 1.49. The SMILES string of the molecule is CCCn1nc(C(C)C)cc1[C@@H](C)N. The van der Waals surface area contributed by atoms with Crippen molar-refractivity contribution < 1.29 is 0 Å². The van der Waals surface area contributed by atoms with Crippen molar-refractivity contribution in [3.63, 3.8) is 0 Å². The molecular formula is C11H21N3. The minimum atomic E-state index is 0.0709. The van der Waals surface area contributed by atoms with Crippen LogP contribution in [-0.4, -0.2) is 9.78 Å². The molecule has 3 heteroatoms. The molecular weight excluding hydrogens is 174 g/mol. The monoisotopic (exact) mass is 195 g/mol. The summed E-state index contributed by atoms with van der Waals surface area (Å²) < 4.78 is 2.04. The number of rotatable bonds is 4. The highest BCUT2D eigenvalue weighted by atomic mass is 15.3. The molecule has 0 aliphatic heterocycles. The van der Waals surface area contributed by atoms with Gasteiger partial charge in [0.25, 0.3) is 0 Å². The Labute approximate surface area is 86.3 Å². The Morgan fingerprint density at radius 3 is 2.50 bits per heavy atom. The summed E-state index contributed by atoms with van der Waals surface area (Å²) in [6, 6.07) is 2.20. The highest BCUT2D eigenvalue weighted by molar-refractivity contribution is 5.16. The van der Waals surface area contributed by atoms with E-state index in [1.165, 1.54) is 0 Å². The van der Waals surface area contributed by atoms with E-state index in [1.807, 2.05) is 11.6 Å². The molecule has 14 heavy (non-hydrogen) atoms. The zero-order chi connectivity index (χ0) is 10.7. The van der Waals surface area contributed by atoms with E-state index in [-0.39, 0.29) is 6.04 Å². The van der Waals surface area contributed by atoms with Crippen molar-refractivity contribution in [1.82, 2.24) is 9.78 Å². The Hall–Kier alpha value is -0.830. The molecule has 0 unspecified atom stereocenters. The van der Waals surface area contributed by atoms with E-state index in [9.17, 15) is 0 Å². The molecule has 0 radical (unpaired) electrons. The largest absolute Gasteiger partial charge is 0.323 e. The van der Waals surface area contributed by atoms with E-state index in [0.29, 0.717) is 5.92 Å². The molecule has 1 aromatic heterocycles. The fraction of sp³-hybridized carbons (Fsp3) is 0.727. The Morgan fingerprint density at radius 2 is 2.07 bits per heavy atom. The van der Waals surface area contributed by atoms with Crippen LogP contribution in [0.4, 0.5) is 0 Å². The second-order valence-electron chi connectivity index (χ2n) is 4.16. The quantitative estimate of drug-likeness (QED) is 0.802. The van der Waals surface area contributed by atoms with E-state index in [0.717, 1.165) is 24.4 Å². The molecule has 0 fully saturated rings. The predicted molar refractivity (Wildman–Crippen MR) is 59.2 cm³/mol. The van der Waals surface area contributed by atoms with Crippen LogP contribution < -0.4 is 5.73 Å². The van der Waals surface area contributed by atoms with Crippen molar-refractivity contribution in [2.45, 2.75) is 52.6 Å². The maximum Gasteiger partial charge on any atom is 0.0653 e. The lowest BCUT2D eigenvalue weighted by molar-refractivity contribution is 0.544. The van der Waals surface area contributed by atoms with Gasteiger partial charge in [0.1, 0.15) is 0 Å². The average Bonchev–Trinajstić information content (AvgIpc) is 2.49. The van der Waals surface area contributed by atoms with E-state index in [2.05, 4.69) is 31.9 Å². The molecule has 3 nitrogen and oxygen atoms in total. The number of hydrogen-bond donors (Lipinski definition) is 1. The molecule has 0 aliphatic rings. The Morgan fingerprint density at radius 1 is 1.43 bits per heavy atom. The van der Waals surface area contributed by atoms with Gasteiger partial charge in [-0.15, -0.1) is 0 Å². The second-order valence-corrected chi connectivity index (χ2v) is 4.16. The Kier molecular flexibility index (Phi) is 3.69. The van der Waals surface area contributed by atoms with Crippen molar-refractivity contribution >= 4 is 0 Å². The van der Waals surface area contributed by atoms with Crippen LogP contribution in [0.25, 0.3) is 0 Å². The summed E-state index contributed by atoms with van der Waals surface area (Å²) in [5.74, 6) is 0.477. The number of nitrogens with two attached hydrogens (primary N) is 1. The van der Waals surface area contributed by atoms with Crippen LogP contribution in [0.1, 0.15) is 57.5 Å². The Balaban J connectivity index is 2.99. The smallest absolute Gasteiger partial charge is 0.0653 e. The molecule has 1 atom stereocenters. The third-order valence-electron chi connectivity index (χ3n) is 2.32. The van der Waals surface area contributed by atoms with Gasteiger partial charge in [-0.2, -0.15) is 5.10 Å². The van der Waals surface area contributed by atoms with Gasteiger partial charge in [-0.25, -0.2) is 0 Å². The average molecular weight is 195 g/mol. The van der Waals surface area contributed by atoms with Crippen LogP contribution in [0.3, 0.4) is 0 Å². The summed E-state index contributed by atoms with van der Waals surface area (Å²) in [6.45, 7) is 9.44. The maximum atomic E-state index is 5.90. The van der Waals surface area contributed by atoms with Crippen LogP contribution in [0, 0.1) is 0 Å². The normalized spacial score (nSPS) is 13.6. The van der Waals surface area contributed by atoms with Gasteiger partial charge in [0, 0.05) is 12.6 Å². The van der Waals surface area contributed by atoms with Gasteiger partial charge in [-0.3, -0.25) is 4.68 Å².